The van der Waals surface area contributed by atoms with E-state index < -0.39 is 0 Å². The molecule has 3 rings (SSSR count). The van der Waals surface area contributed by atoms with Gasteiger partial charge in [0.25, 0.3) is 0 Å². The summed E-state index contributed by atoms with van der Waals surface area (Å²) in [6.45, 7) is 5.36. The molecule has 0 saturated heterocycles. The maximum Gasteiger partial charge on any atom is 0.0758 e. The number of rotatable bonds is 5. The van der Waals surface area contributed by atoms with Crippen LogP contribution in [0.25, 0.3) is 10.9 Å². The third kappa shape index (κ3) is 2.90. The maximum absolute atomic E-state index is 5.08. The molecule has 0 amide bonds. The van der Waals surface area contributed by atoms with E-state index in [4.69, 9.17) is 4.98 Å². The molecule has 1 aromatic heterocycles. The van der Waals surface area contributed by atoms with Crippen LogP contribution in [-0.4, -0.2) is 11.5 Å². The Bertz CT molecular complexity index is 612. The summed E-state index contributed by atoms with van der Waals surface area (Å²) in [6.07, 6.45) is 7.62. The minimum absolute atomic E-state index is 0.668. The third-order valence-corrected chi connectivity index (χ3v) is 4.60. The molecule has 21 heavy (non-hydrogen) atoms. The zero-order valence-corrected chi connectivity index (χ0v) is 13.3. The van der Waals surface area contributed by atoms with Gasteiger partial charge in [0, 0.05) is 29.2 Å². The molecule has 0 bridgehead atoms. The Morgan fingerprint density at radius 3 is 2.71 bits per heavy atom. The van der Waals surface area contributed by atoms with E-state index in [1.165, 1.54) is 60.0 Å². The fourth-order valence-corrected chi connectivity index (χ4v) is 3.57. The second-order valence-electron chi connectivity index (χ2n) is 6.17. The topological polar surface area (TPSA) is 24.9 Å². The van der Waals surface area contributed by atoms with Crippen molar-refractivity contribution < 1.29 is 0 Å². The molecule has 0 unspecified atom stereocenters. The first-order valence-electron chi connectivity index (χ1n) is 8.50. The van der Waals surface area contributed by atoms with Gasteiger partial charge in [0.05, 0.1) is 5.52 Å². The molecule has 0 aliphatic heterocycles. The van der Waals surface area contributed by atoms with E-state index in [1.807, 2.05) is 0 Å². The average molecular weight is 282 g/mol. The summed E-state index contributed by atoms with van der Waals surface area (Å²) < 4.78 is 0. The molecule has 0 spiro atoms. The number of fused-ring (bicyclic) bond motifs is 1. The van der Waals surface area contributed by atoms with Gasteiger partial charge in [-0.2, -0.15) is 0 Å². The third-order valence-electron chi connectivity index (χ3n) is 4.60. The van der Waals surface area contributed by atoms with Gasteiger partial charge < -0.3 is 5.32 Å². The molecule has 2 heteroatoms. The number of anilines is 1. The number of aryl methyl sites for hydroxylation is 1. The van der Waals surface area contributed by atoms with Crippen molar-refractivity contribution in [2.45, 2.75) is 58.3 Å². The second-order valence-corrected chi connectivity index (χ2v) is 6.17. The molecule has 0 radical (unpaired) electrons. The highest BCUT2D eigenvalue weighted by Crippen LogP contribution is 2.36. The number of nitrogens with zero attached hydrogens (tertiary/aromatic N) is 1. The lowest BCUT2D eigenvalue weighted by atomic mass is 9.99. The number of para-hydroxylation sites is 1. The number of aromatic nitrogens is 1. The van der Waals surface area contributed by atoms with Gasteiger partial charge >= 0.3 is 0 Å². The highest BCUT2D eigenvalue weighted by atomic mass is 14.9. The molecule has 2 aromatic rings. The van der Waals surface area contributed by atoms with Crippen molar-refractivity contribution >= 4 is 16.6 Å². The van der Waals surface area contributed by atoms with Gasteiger partial charge in [0.15, 0.2) is 0 Å². The predicted octanol–water partition coefficient (Wildman–Crippen LogP) is 5.28. The van der Waals surface area contributed by atoms with Crippen LogP contribution in [0.4, 0.5) is 5.69 Å². The number of nitrogens with one attached hydrogen (secondary N) is 1. The van der Waals surface area contributed by atoms with E-state index in [0.717, 1.165) is 13.0 Å². The Balaban J connectivity index is 2.14. The molecule has 1 fully saturated rings. The fourth-order valence-electron chi connectivity index (χ4n) is 3.57. The van der Waals surface area contributed by atoms with Crippen molar-refractivity contribution in [3.05, 3.63) is 35.5 Å². The van der Waals surface area contributed by atoms with E-state index in [1.54, 1.807) is 0 Å². The van der Waals surface area contributed by atoms with Crippen LogP contribution in [0.2, 0.25) is 0 Å². The van der Waals surface area contributed by atoms with E-state index >= 15 is 0 Å². The largest absolute Gasteiger partial charge is 0.385 e. The van der Waals surface area contributed by atoms with Crippen LogP contribution in [0.1, 0.15) is 63.1 Å². The molecular weight excluding hydrogens is 256 g/mol. The van der Waals surface area contributed by atoms with Gasteiger partial charge in [-0.05, 0) is 37.8 Å². The first-order chi connectivity index (χ1) is 10.3. The van der Waals surface area contributed by atoms with Crippen molar-refractivity contribution in [3.8, 4) is 0 Å². The maximum atomic E-state index is 5.08. The molecule has 1 aliphatic carbocycles. The Morgan fingerprint density at radius 1 is 1.19 bits per heavy atom. The van der Waals surface area contributed by atoms with Gasteiger partial charge in [0.1, 0.15) is 0 Å². The summed E-state index contributed by atoms with van der Waals surface area (Å²) in [5.41, 5.74) is 5.19. The van der Waals surface area contributed by atoms with Crippen molar-refractivity contribution in [3.63, 3.8) is 0 Å². The molecule has 1 saturated carbocycles. The van der Waals surface area contributed by atoms with E-state index in [-0.39, 0.29) is 0 Å². The number of benzene rings is 1. The van der Waals surface area contributed by atoms with Crippen molar-refractivity contribution in [2.24, 2.45) is 0 Å². The van der Waals surface area contributed by atoms with Crippen LogP contribution >= 0.6 is 0 Å². The normalized spacial score (nSPS) is 15.7. The summed E-state index contributed by atoms with van der Waals surface area (Å²) in [7, 11) is 0. The Kier molecular flexibility index (Phi) is 4.42. The first kappa shape index (κ1) is 14.4. The highest BCUT2D eigenvalue weighted by Gasteiger charge is 2.20. The van der Waals surface area contributed by atoms with Crippen LogP contribution in [0.5, 0.6) is 0 Å². The van der Waals surface area contributed by atoms with E-state index in [9.17, 15) is 0 Å². The van der Waals surface area contributed by atoms with Crippen molar-refractivity contribution in [1.82, 2.24) is 4.98 Å². The lowest BCUT2D eigenvalue weighted by molar-refractivity contribution is 0.701. The van der Waals surface area contributed by atoms with Crippen LogP contribution < -0.4 is 5.32 Å². The van der Waals surface area contributed by atoms with Gasteiger partial charge in [-0.15, -0.1) is 0 Å². The molecular formula is C19H26N2. The minimum atomic E-state index is 0.668. The average Bonchev–Trinajstić information content (AvgIpc) is 3.02. The van der Waals surface area contributed by atoms with E-state index in [0.29, 0.717) is 5.92 Å². The summed E-state index contributed by atoms with van der Waals surface area (Å²) in [6, 6.07) is 8.92. The smallest absolute Gasteiger partial charge is 0.0758 e. The summed E-state index contributed by atoms with van der Waals surface area (Å²) >= 11 is 0. The number of hydrogen-bond acceptors (Lipinski definition) is 2. The molecule has 1 aromatic carbocycles. The quantitative estimate of drug-likeness (QED) is 0.807. The Morgan fingerprint density at radius 2 is 2.00 bits per heavy atom. The zero-order valence-electron chi connectivity index (χ0n) is 13.3. The zero-order chi connectivity index (χ0) is 14.7. The first-order valence-corrected chi connectivity index (χ1v) is 8.50. The molecule has 112 valence electrons. The standard InChI is InChI=1S/C19H26N2/c1-3-8-15-11-7-12-16-18(20-4-2)13-17(21-19(15)16)14-9-5-6-10-14/h7,11-14H,3-6,8-10H2,1-2H3,(H,20,21). The molecule has 0 atom stereocenters. The summed E-state index contributed by atoms with van der Waals surface area (Å²) in [5, 5.41) is 4.83. The lowest BCUT2D eigenvalue weighted by Crippen LogP contribution is -2.04. The van der Waals surface area contributed by atoms with Crippen LogP contribution in [0, 0.1) is 0 Å². The Labute approximate surface area is 128 Å². The second kappa shape index (κ2) is 6.46. The number of pyridine rings is 1. The summed E-state index contributed by atoms with van der Waals surface area (Å²) in [4.78, 5) is 5.08. The monoisotopic (exact) mass is 282 g/mol. The number of hydrogen-bond donors (Lipinski definition) is 1. The molecule has 1 N–H and O–H groups in total. The minimum Gasteiger partial charge on any atom is -0.385 e. The lowest BCUT2D eigenvalue weighted by Gasteiger charge is -2.16. The van der Waals surface area contributed by atoms with Gasteiger partial charge in [-0.25, -0.2) is 0 Å². The predicted molar refractivity (Wildman–Crippen MR) is 91.1 cm³/mol. The molecule has 1 aliphatic rings. The van der Waals surface area contributed by atoms with Gasteiger partial charge in [-0.1, -0.05) is 44.4 Å². The van der Waals surface area contributed by atoms with Gasteiger partial charge in [0.2, 0.25) is 0 Å². The fraction of sp³-hybridized carbons (Fsp3) is 0.526. The highest BCUT2D eigenvalue weighted by molar-refractivity contribution is 5.93. The van der Waals surface area contributed by atoms with Gasteiger partial charge in [-0.3, -0.25) is 4.98 Å². The van der Waals surface area contributed by atoms with Crippen LogP contribution in [0.15, 0.2) is 24.3 Å². The SMILES string of the molecule is CCCc1cccc2c(NCC)cc(C3CCCC3)nc12. The molecule has 2 nitrogen and oxygen atoms in total. The summed E-state index contributed by atoms with van der Waals surface area (Å²) in [5.74, 6) is 0.668. The molecule has 1 heterocycles. The van der Waals surface area contributed by atoms with Crippen LogP contribution in [0.3, 0.4) is 0 Å². The van der Waals surface area contributed by atoms with E-state index in [2.05, 4.69) is 43.4 Å². The Hall–Kier alpha value is -1.57. The van der Waals surface area contributed by atoms with Crippen LogP contribution in [-0.2, 0) is 6.42 Å². The van der Waals surface area contributed by atoms with Crippen molar-refractivity contribution in [2.75, 3.05) is 11.9 Å². The van der Waals surface area contributed by atoms with Crippen molar-refractivity contribution in [1.29, 1.82) is 0 Å².